The Morgan fingerprint density at radius 2 is 1.94 bits per heavy atom. The highest BCUT2D eigenvalue weighted by Gasteiger charge is 2.12. The summed E-state index contributed by atoms with van der Waals surface area (Å²) in [5.41, 5.74) is 1.69. The number of rotatable bonds is 2. The van der Waals surface area contributed by atoms with Gasteiger partial charge in [-0.25, -0.2) is 9.18 Å². The first-order valence-corrected chi connectivity index (χ1v) is 5.49. The lowest BCUT2D eigenvalue weighted by atomic mass is 10.1. The summed E-state index contributed by atoms with van der Waals surface area (Å²) in [4.78, 5) is 12.0. The second-order valence-corrected chi connectivity index (χ2v) is 4.65. The minimum Gasteiger partial charge on any atom is -0.477 e. The molecule has 82 valence electrons. The number of aryl methyl sites for hydroxylation is 1. The summed E-state index contributed by atoms with van der Waals surface area (Å²) in [6.07, 6.45) is 0. The van der Waals surface area contributed by atoms with E-state index < -0.39 is 5.97 Å². The average Bonchev–Trinajstić information content (AvgIpc) is 2.62. The number of carboxylic acids is 1. The summed E-state index contributed by atoms with van der Waals surface area (Å²) >= 11 is 1.23. The predicted molar refractivity (Wildman–Crippen MR) is 61.4 cm³/mol. The molecule has 2 aromatic rings. The quantitative estimate of drug-likeness (QED) is 0.865. The van der Waals surface area contributed by atoms with Crippen molar-refractivity contribution in [2.24, 2.45) is 0 Å². The second-order valence-electron chi connectivity index (χ2n) is 3.39. The van der Waals surface area contributed by atoms with Crippen molar-refractivity contribution in [2.45, 2.75) is 6.92 Å². The SMILES string of the molecule is Cc1sc(C(=O)O)cc1-c1ccc(F)cc1. The van der Waals surface area contributed by atoms with Crippen molar-refractivity contribution >= 4 is 17.3 Å². The smallest absolute Gasteiger partial charge is 0.345 e. The van der Waals surface area contributed by atoms with Gasteiger partial charge in [-0.3, -0.25) is 0 Å². The standard InChI is InChI=1S/C12H9FO2S/c1-7-10(6-11(16-7)12(14)15)8-2-4-9(13)5-3-8/h2-6H,1H3,(H,14,15). The van der Waals surface area contributed by atoms with Crippen LogP contribution in [0, 0.1) is 12.7 Å². The lowest BCUT2D eigenvalue weighted by Crippen LogP contribution is -1.89. The van der Waals surface area contributed by atoms with Crippen LogP contribution in [-0.2, 0) is 0 Å². The van der Waals surface area contributed by atoms with Crippen LogP contribution in [0.15, 0.2) is 30.3 Å². The summed E-state index contributed by atoms with van der Waals surface area (Å²) in [6.45, 7) is 1.86. The highest BCUT2D eigenvalue weighted by atomic mass is 32.1. The number of hydrogen-bond acceptors (Lipinski definition) is 2. The number of aromatic carboxylic acids is 1. The van der Waals surface area contributed by atoms with Crippen LogP contribution < -0.4 is 0 Å². The van der Waals surface area contributed by atoms with Crippen LogP contribution in [0.3, 0.4) is 0 Å². The minimum absolute atomic E-state index is 0.296. The van der Waals surface area contributed by atoms with Crippen molar-refractivity contribution in [3.63, 3.8) is 0 Å². The molecule has 0 atom stereocenters. The summed E-state index contributed by atoms with van der Waals surface area (Å²) in [7, 11) is 0. The molecule has 0 saturated heterocycles. The predicted octanol–water partition coefficient (Wildman–Crippen LogP) is 3.56. The molecule has 0 fully saturated rings. The Labute approximate surface area is 96.0 Å². The first kappa shape index (κ1) is 10.8. The maximum Gasteiger partial charge on any atom is 0.345 e. The summed E-state index contributed by atoms with van der Waals surface area (Å²) in [5.74, 6) is -1.23. The fraction of sp³-hybridized carbons (Fsp3) is 0.0833. The van der Waals surface area contributed by atoms with E-state index in [-0.39, 0.29) is 5.82 Å². The van der Waals surface area contributed by atoms with Crippen LogP contribution in [0.1, 0.15) is 14.5 Å². The van der Waals surface area contributed by atoms with Crippen LogP contribution in [-0.4, -0.2) is 11.1 Å². The number of thiophene rings is 1. The largest absolute Gasteiger partial charge is 0.477 e. The molecule has 0 aliphatic rings. The van der Waals surface area contributed by atoms with Gasteiger partial charge in [-0.2, -0.15) is 0 Å². The topological polar surface area (TPSA) is 37.3 Å². The van der Waals surface area contributed by atoms with E-state index in [2.05, 4.69) is 0 Å². The van der Waals surface area contributed by atoms with Crippen LogP contribution in [0.4, 0.5) is 4.39 Å². The first-order valence-electron chi connectivity index (χ1n) is 4.67. The normalized spacial score (nSPS) is 10.4. The Morgan fingerprint density at radius 1 is 1.31 bits per heavy atom. The highest BCUT2D eigenvalue weighted by Crippen LogP contribution is 2.30. The molecule has 4 heteroatoms. The van der Waals surface area contributed by atoms with Crippen molar-refractivity contribution in [1.29, 1.82) is 0 Å². The van der Waals surface area contributed by atoms with Crippen molar-refractivity contribution in [2.75, 3.05) is 0 Å². The van der Waals surface area contributed by atoms with Crippen LogP contribution >= 0.6 is 11.3 Å². The van der Waals surface area contributed by atoms with Gasteiger partial charge in [-0.1, -0.05) is 12.1 Å². The van der Waals surface area contributed by atoms with Gasteiger partial charge >= 0.3 is 5.97 Å². The summed E-state index contributed by atoms with van der Waals surface area (Å²) in [6, 6.07) is 7.65. The van der Waals surface area contributed by atoms with Crippen molar-refractivity contribution in [1.82, 2.24) is 0 Å². The van der Waals surface area contributed by atoms with Gasteiger partial charge in [-0.05, 0) is 36.2 Å². The Balaban J connectivity index is 2.47. The van der Waals surface area contributed by atoms with Gasteiger partial charge in [0.1, 0.15) is 10.7 Å². The maximum atomic E-state index is 12.7. The van der Waals surface area contributed by atoms with Gasteiger partial charge in [0.15, 0.2) is 0 Å². The molecular weight excluding hydrogens is 227 g/mol. The lowest BCUT2D eigenvalue weighted by molar-refractivity contribution is 0.0702. The van der Waals surface area contributed by atoms with Crippen LogP contribution in [0.2, 0.25) is 0 Å². The number of hydrogen-bond donors (Lipinski definition) is 1. The molecule has 0 unspecified atom stereocenters. The molecule has 2 rings (SSSR count). The fourth-order valence-electron chi connectivity index (χ4n) is 1.50. The van der Waals surface area contributed by atoms with Crippen molar-refractivity contribution < 1.29 is 14.3 Å². The third kappa shape index (κ3) is 1.97. The van der Waals surface area contributed by atoms with Gasteiger partial charge in [0.05, 0.1) is 0 Å². The molecule has 0 radical (unpaired) electrons. The van der Waals surface area contributed by atoms with E-state index in [1.807, 2.05) is 6.92 Å². The molecule has 0 bridgehead atoms. The minimum atomic E-state index is -0.929. The zero-order valence-corrected chi connectivity index (χ0v) is 9.34. The van der Waals surface area contributed by atoms with E-state index in [9.17, 15) is 9.18 Å². The molecule has 0 spiro atoms. The molecule has 0 amide bonds. The van der Waals surface area contributed by atoms with E-state index in [0.29, 0.717) is 4.88 Å². The molecule has 0 saturated carbocycles. The lowest BCUT2D eigenvalue weighted by Gasteiger charge is -1.98. The van der Waals surface area contributed by atoms with E-state index >= 15 is 0 Å². The Bertz CT molecular complexity index is 528. The summed E-state index contributed by atoms with van der Waals surface area (Å²) in [5, 5.41) is 8.86. The monoisotopic (exact) mass is 236 g/mol. The van der Waals surface area contributed by atoms with E-state index in [0.717, 1.165) is 16.0 Å². The van der Waals surface area contributed by atoms with Gasteiger partial charge in [-0.15, -0.1) is 11.3 Å². The number of carboxylic acid groups (broad SMARTS) is 1. The Kier molecular flexibility index (Phi) is 2.75. The van der Waals surface area contributed by atoms with Crippen LogP contribution in [0.5, 0.6) is 0 Å². The zero-order chi connectivity index (χ0) is 11.7. The molecule has 2 nitrogen and oxygen atoms in total. The van der Waals surface area contributed by atoms with Gasteiger partial charge < -0.3 is 5.11 Å². The van der Waals surface area contributed by atoms with Crippen molar-refractivity contribution in [3.05, 3.63) is 45.9 Å². The first-order chi connectivity index (χ1) is 7.58. The van der Waals surface area contributed by atoms with Gasteiger partial charge in [0.25, 0.3) is 0 Å². The van der Waals surface area contributed by atoms with E-state index in [4.69, 9.17) is 5.11 Å². The van der Waals surface area contributed by atoms with E-state index in [1.54, 1.807) is 18.2 Å². The van der Waals surface area contributed by atoms with E-state index in [1.165, 1.54) is 23.5 Å². The number of benzene rings is 1. The zero-order valence-electron chi connectivity index (χ0n) is 8.53. The van der Waals surface area contributed by atoms with Gasteiger partial charge in [0, 0.05) is 4.88 Å². The average molecular weight is 236 g/mol. The van der Waals surface area contributed by atoms with Crippen LogP contribution in [0.25, 0.3) is 11.1 Å². The van der Waals surface area contributed by atoms with Gasteiger partial charge in [0.2, 0.25) is 0 Å². The molecule has 1 aromatic carbocycles. The highest BCUT2D eigenvalue weighted by molar-refractivity contribution is 7.14. The molecule has 1 aromatic heterocycles. The molecule has 1 heterocycles. The van der Waals surface area contributed by atoms with Crippen molar-refractivity contribution in [3.8, 4) is 11.1 Å². The molecule has 0 aliphatic carbocycles. The second kappa shape index (κ2) is 4.06. The third-order valence-corrected chi connectivity index (χ3v) is 3.32. The third-order valence-electron chi connectivity index (χ3n) is 2.28. The Morgan fingerprint density at radius 3 is 2.44 bits per heavy atom. The molecule has 1 N–H and O–H groups in total. The summed E-state index contributed by atoms with van der Waals surface area (Å²) < 4.78 is 12.7. The Hall–Kier alpha value is -1.68. The number of halogens is 1. The maximum absolute atomic E-state index is 12.7. The molecule has 0 aliphatic heterocycles. The fourth-order valence-corrected chi connectivity index (χ4v) is 2.38. The number of carbonyl (C=O) groups is 1. The molecular formula is C12H9FO2S. The molecule has 16 heavy (non-hydrogen) atoms.